The molecule has 20 heavy (non-hydrogen) atoms. The topological polar surface area (TPSA) is 12.0 Å². The third kappa shape index (κ3) is 3.32. The molecule has 2 rings (SSSR count). The SMILES string of the molecule is CCNC(c1ccc(C)c(Cl)c1)c1cc(Cl)ccc1F. The lowest BCUT2D eigenvalue weighted by Gasteiger charge is -2.20. The van der Waals surface area contributed by atoms with Crippen LogP contribution < -0.4 is 5.32 Å². The second-order valence-electron chi connectivity index (χ2n) is 4.67. The molecule has 1 unspecified atom stereocenters. The highest BCUT2D eigenvalue weighted by atomic mass is 35.5. The van der Waals surface area contributed by atoms with Gasteiger partial charge in [-0.15, -0.1) is 0 Å². The van der Waals surface area contributed by atoms with Crippen molar-refractivity contribution in [2.24, 2.45) is 0 Å². The summed E-state index contributed by atoms with van der Waals surface area (Å²) in [6, 6.07) is 10.1. The second-order valence-corrected chi connectivity index (χ2v) is 5.51. The minimum absolute atomic E-state index is 0.267. The summed E-state index contributed by atoms with van der Waals surface area (Å²) in [6.07, 6.45) is 0. The highest BCUT2D eigenvalue weighted by Gasteiger charge is 2.18. The van der Waals surface area contributed by atoms with Crippen molar-refractivity contribution in [2.45, 2.75) is 19.9 Å². The fourth-order valence-corrected chi connectivity index (χ4v) is 2.51. The maximum Gasteiger partial charge on any atom is 0.128 e. The quantitative estimate of drug-likeness (QED) is 0.824. The van der Waals surface area contributed by atoms with Crippen molar-refractivity contribution in [2.75, 3.05) is 6.54 Å². The fourth-order valence-electron chi connectivity index (χ4n) is 2.14. The zero-order valence-corrected chi connectivity index (χ0v) is 12.9. The van der Waals surface area contributed by atoms with Gasteiger partial charge in [0.05, 0.1) is 6.04 Å². The summed E-state index contributed by atoms with van der Waals surface area (Å²) in [5.74, 6) is -0.281. The Morgan fingerprint density at radius 1 is 1.15 bits per heavy atom. The molecule has 4 heteroatoms. The van der Waals surface area contributed by atoms with Crippen LogP contribution in [0.2, 0.25) is 10.0 Å². The van der Waals surface area contributed by atoms with E-state index in [1.807, 2.05) is 32.0 Å². The molecule has 2 aromatic carbocycles. The van der Waals surface area contributed by atoms with Gasteiger partial charge in [0, 0.05) is 15.6 Å². The molecule has 0 saturated carbocycles. The Labute approximate surface area is 128 Å². The smallest absolute Gasteiger partial charge is 0.128 e. The van der Waals surface area contributed by atoms with Crippen LogP contribution in [0.15, 0.2) is 36.4 Å². The molecule has 0 saturated heterocycles. The van der Waals surface area contributed by atoms with Gasteiger partial charge < -0.3 is 5.32 Å². The van der Waals surface area contributed by atoms with E-state index in [0.29, 0.717) is 22.2 Å². The van der Waals surface area contributed by atoms with Crippen molar-refractivity contribution < 1.29 is 4.39 Å². The summed E-state index contributed by atoms with van der Waals surface area (Å²) in [4.78, 5) is 0. The fraction of sp³-hybridized carbons (Fsp3) is 0.250. The molecule has 0 radical (unpaired) electrons. The zero-order valence-electron chi connectivity index (χ0n) is 11.4. The standard InChI is InChI=1S/C16H16Cl2FN/c1-3-20-16(11-5-4-10(2)14(18)8-11)13-9-12(17)6-7-15(13)19/h4-9,16,20H,3H2,1-2H3. The summed E-state index contributed by atoms with van der Waals surface area (Å²) in [7, 11) is 0. The van der Waals surface area contributed by atoms with Crippen molar-refractivity contribution in [1.29, 1.82) is 0 Å². The molecule has 106 valence electrons. The van der Waals surface area contributed by atoms with E-state index in [1.54, 1.807) is 12.1 Å². The molecule has 0 amide bonds. The normalized spacial score (nSPS) is 12.4. The Hall–Kier alpha value is -1.09. The predicted molar refractivity (Wildman–Crippen MR) is 83.1 cm³/mol. The van der Waals surface area contributed by atoms with Gasteiger partial charge in [0.15, 0.2) is 0 Å². The second kappa shape index (κ2) is 6.57. The molecule has 0 spiro atoms. The van der Waals surface area contributed by atoms with Gasteiger partial charge in [0.1, 0.15) is 5.82 Å². The van der Waals surface area contributed by atoms with Crippen LogP contribution in [0.5, 0.6) is 0 Å². The highest BCUT2D eigenvalue weighted by Crippen LogP contribution is 2.29. The lowest BCUT2D eigenvalue weighted by molar-refractivity contribution is 0.559. The van der Waals surface area contributed by atoms with E-state index in [4.69, 9.17) is 23.2 Å². The van der Waals surface area contributed by atoms with Crippen molar-refractivity contribution >= 4 is 23.2 Å². The molecule has 0 aromatic heterocycles. The minimum Gasteiger partial charge on any atom is -0.306 e. The van der Waals surface area contributed by atoms with Crippen molar-refractivity contribution in [3.8, 4) is 0 Å². The Morgan fingerprint density at radius 3 is 2.55 bits per heavy atom. The van der Waals surface area contributed by atoms with E-state index in [1.165, 1.54) is 6.07 Å². The van der Waals surface area contributed by atoms with E-state index in [0.717, 1.165) is 11.1 Å². The van der Waals surface area contributed by atoms with Gasteiger partial charge in [0.2, 0.25) is 0 Å². The summed E-state index contributed by atoms with van der Waals surface area (Å²) in [5.41, 5.74) is 2.44. The number of rotatable bonds is 4. The molecule has 2 aromatic rings. The Kier molecular flexibility index (Phi) is 5.03. The average molecular weight is 312 g/mol. The first kappa shape index (κ1) is 15.3. The van der Waals surface area contributed by atoms with Crippen LogP contribution in [0.4, 0.5) is 4.39 Å². The summed E-state index contributed by atoms with van der Waals surface area (Å²) in [6.45, 7) is 4.63. The first-order valence-electron chi connectivity index (χ1n) is 6.47. The molecule has 0 heterocycles. The van der Waals surface area contributed by atoms with E-state index < -0.39 is 0 Å². The Balaban J connectivity index is 2.49. The molecule has 1 nitrogen and oxygen atoms in total. The van der Waals surface area contributed by atoms with E-state index >= 15 is 0 Å². The monoisotopic (exact) mass is 311 g/mol. The van der Waals surface area contributed by atoms with Crippen LogP contribution >= 0.6 is 23.2 Å². The number of benzene rings is 2. The van der Waals surface area contributed by atoms with Crippen LogP contribution in [0, 0.1) is 12.7 Å². The summed E-state index contributed by atoms with van der Waals surface area (Å²) in [5, 5.41) is 4.46. The van der Waals surface area contributed by atoms with E-state index in [9.17, 15) is 4.39 Å². The maximum atomic E-state index is 14.1. The Bertz CT molecular complexity index is 613. The molecule has 1 atom stereocenters. The molecule has 1 N–H and O–H groups in total. The van der Waals surface area contributed by atoms with Crippen LogP contribution in [0.25, 0.3) is 0 Å². The zero-order chi connectivity index (χ0) is 14.7. The van der Waals surface area contributed by atoms with Gasteiger partial charge in [-0.05, 0) is 48.9 Å². The number of nitrogens with one attached hydrogen (secondary N) is 1. The van der Waals surface area contributed by atoms with Gasteiger partial charge in [-0.25, -0.2) is 4.39 Å². The predicted octanol–water partition coefficient (Wildman–Crippen LogP) is 5.14. The molecule has 0 aliphatic rings. The average Bonchev–Trinajstić information content (AvgIpc) is 2.42. The summed E-state index contributed by atoms with van der Waals surface area (Å²) >= 11 is 12.2. The first-order chi connectivity index (χ1) is 9.52. The van der Waals surface area contributed by atoms with Crippen molar-refractivity contribution in [1.82, 2.24) is 5.32 Å². The van der Waals surface area contributed by atoms with Crippen LogP contribution in [0.3, 0.4) is 0 Å². The summed E-state index contributed by atoms with van der Waals surface area (Å²) < 4.78 is 14.1. The third-order valence-corrected chi connectivity index (χ3v) is 3.85. The minimum atomic E-state index is -0.281. The van der Waals surface area contributed by atoms with Crippen molar-refractivity contribution in [3.63, 3.8) is 0 Å². The number of hydrogen-bond donors (Lipinski definition) is 1. The Morgan fingerprint density at radius 2 is 1.90 bits per heavy atom. The molecule has 0 bridgehead atoms. The lowest BCUT2D eigenvalue weighted by Crippen LogP contribution is -2.23. The van der Waals surface area contributed by atoms with Gasteiger partial charge in [-0.1, -0.05) is 42.3 Å². The molecule has 0 fully saturated rings. The molecule has 0 aliphatic heterocycles. The largest absolute Gasteiger partial charge is 0.306 e. The molecule has 0 aliphatic carbocycles. The van der Waals surface area contributed by atoms with Gasteiger partial charge >= 0.3 is 0 Å². The van der Waals surface area contributed by atoms with E-state index in [2.05, 4.69) is 5.32 Å². The van der Waals surface area contributed by atoms with Gasteiger partial charge in [0.25, 0.3) is 0 Å². The van der Waals surface area contributed by atoms with Crippen molar-refractivity contribution in [3.05, 3.63) is 69.0 Å². The number of halogens is 3. The highest BCUT2D eigenvalue weighted by molar-refractivity contribution is 6.31. The third-order valence-electron chi connectivity index (χ3n) is 3.21. The van der Waals surface area contributed by atoms with Crippen LogP contribution in [0.1, 0.15) is 29.7 Å². The van der Waals surface area contributed by atoms with E-state index in [-0.39, 0.29) is 11.9 Å². The maximum absolute atomic E-state index is 14.1. The first-order valence-corrected chi connectivity index (χ1v) is 7.23. The number of aryl methyl sites for hydroxylation is 1. The van der Waals surface area contributed by atoms with Crippen LogP contribution in [-0.4, -0.2) is 6.54 Å². The van der Waals surface area contributed by atoms with Crippen LogP contribution in [-0.2, 0) is 0 Å². The molecular formula is C16H16Cl2FN. The lowest BCUT2D eigenvalue weighted by atomic mass is 9.97. The van der Waals surface area contributed by atoms with Gasteiger partial charge in [-0.3, -0.25) is 0 Å². The van der Waals surface area contributed by atoms with Gasteiger partial charge in [-0.2, -0.15) is 0 Å². The number of hydrogen-bond acceptors (Lipinski definition) is 1. The molecular weight excluding hydrogens is 296 g/mol.